The first-order valence-corrected chi connectivity index (χ1v) is 10.5. The van der Waals surface area contributed by atoms with Gasteiger partial charge < -0.3 is 10.2 Å². The first kappa shape index (κ1) is 23.2. The first-order valence-electron chi connectivity index (χ1n) is 9.70. The monoisotopic (exact) mass is 434 g/mol. The number of amides is 2. The average molecular weight is 435 g/mol. The van der Waals surface area contributed by atoms with Crippen molar-refractivity contribution in [1.29, 1.82) is 0 Å². The lowest BCUT2D eigenvalue weighted by atomic mass is 10.0. The van der Waals surface area contributed by atoms with Gasteiger partial charge in [0.2, 0.25) is 11.8 Å². The SMILES string of the molecule is CC[C@@H](C(=O)NC(C)(C)C)N(Cc1ccc(Cl)cc1Cl)C(=O)Cc1ccccc1. The molecule has 2 rings (SSSR count). The van der Waals surface area contributed by atoms with Gasteiger partial charge in [-0.1, -0.05) is 66.5 Å². The van der Waals surface area contributed by atoms with Crippen LogP contribution in [0.4, 0.5) is 0 Å². The van der Waals surface area contributed by atoms with Crippen LogP contribution >= 0.6 is 23.2 Å². The molecule has 2 amide bonds. The molecule has 0 radical (unpaired) electrons. The van der Waals surface area contributed by atoms with Crippen LogP contribution in [0.15, 0.2) is 48.5 Å². The zero-order valence-corrected chi connectivity index (χ0v) is 18.8. The number of benzene rings is 2. The molecule has 2 aromatic rings. The van der Waals surface area contributed by atoms with Crippen LogP contribution in [0.3, 0.4) is 0 Å². The van der Waals surface area contributed by atoms with Gasteiger partial charge in [-0.15, -0.1) is 0 Å². The van der Waals surface area contributed by atoms with Crippen LogP contribution < -0.4 is 5.32 Å². The molecule has 0 saturated carbocycles. The predicted octanol–water partition coefficient (Wildman–Crippen LogP) is 5.26. The topological polar surface area (TPSA) is 49.4 Å². The molecule has 0 fully saturated rings. The van der Waals surface area contributed by atoms with Crippen LogP contribution in [0.25, 0.3) is 0 Å². The normalized spacial score (nSPS) is 12.3. The number of carbonyl (C=O) groups excluding carboxylic acids is 2. The van der Waals surface area contributed by atoms with E-state index in [2.05, 4.69) is 5.32 Å². The highest BCUT2D eigenvalue weighted by Crippen LogP contribution is 2.24. The van der Waals surface area contributed by atoms with Crippen molar-refractivity contribution in [3.05, 3.63) is 69.7 Å². The summed E-state index contributed by atoms with van der Waals surface area (Å²) < 4.78 is 0. The largest absolute Gasteiger partial charge is 0.350 e. The Hall–Kier alpha value is -2.04. The first-order chi connectivity index (χ1) is 13.6. The fourth-order valence-corrected chi connectivity index (χ4v) is 3.55. The fraction of sp³-hybridized carbons (Fsp3) is 0.391. The molecule has 0 aliphatic rings. The van der Waals surface area contributed by atoms with Crippen molar-refractivity contribution in [2.75, 3.05) is 0 Å². The van der Waals surface area contributed by atoms with Crippen molar-refractivity contribution in [3.63, 3.8) is 0 Å². The lowest BCUT2D eigenvalue weighted by Crippen LogP contribution is -2.53. The van der Waals surface area contributed by atoms with Gasteiger partial charge in [-0.3, -0.25) is 9.59 Å². The molecule has 156 valence electrons. The molecule has 29 heavy (non-hydrogen) atoms. The highest BCUT2D eigenvalue weighted by Gasteiger charge is 2.31. The second kappa shape index (κ2) is 10.1. The van der Waals surface area contributed by atoms with Crippen LogP contribution in [-0.2, 0) is 22.6 Å². The average Bonchev–Trinajstić information content (AvgIpc) is 2.62. The number of hydrogen-bond acceptors (Lipinski definition) is 2. The minimum atomic E-state index is -0.600. The van der Waals surface area contributed by atoms with E-state index in [0.29, 0.717) is 16.5 Å². The molecule has 6 heteroatoms. The van der Waals surface area contributed by atoms with Gasteiger partial charge in [0.1, 0.15) is 6.04 Å². The number of halogens is 2. The molecule has 0 bridgehead atoms. The quantitative estimate of drug-likeness (QED) is 0.645. The Kier molecular flexibility index (Phi) is 8.12. The van der Waals surface area contributed by atoms with E-state index >= 15 is 0 Å². The molecule has 0 spiro atoms. The molecule has 1 atom stereocenters. The molecule has 0 heterocycles. The van der Waals surface area contributed by atoms with Crippen molar-refractivity contribution in [2.45, 2.75) is 58.7 Å². The maximum Gasteiger partial charge on any atom is 0.243 e. The van der Waals surface area contributed by atoms with Gasteiger partial charge >= 0.3 is 0 Å². The molecule has 2 aromatic carbocycles. The summed E-state index contributed by atoms with van der Waals surface area (Å²) in [4.78, 5) is 27.8. The van der Waals surface area contributed by atoms with Gasteiger partial charge in [-0.2, -0.15) is 0 Å². The third kappa shape index (κ3) is 7.06. The second-order valence-electron chi connectivity index (χ2n) is 8.08. The molecule has 1 N–H and O–H groups in total. The van der Waals surface area contributed by atoms with E-state index in [9.17, 15) is 9.59 Å². The number of rotatable bonds is 7. The van der Waals surface area contributed by atoms with Gasteiger partial charge in [0, 0.05) is 22.1 Å². The molecular weight excluding hydrogens is 407 g/mol. The lowest BCUT2D eigenvalue weighted by Gasteiger charge is -2.33. The maximum atomic E-state index is 13.2. The van der Waals surface area contributed by atoms with Crippen LogP contribution in [0.5, 0.6) is 0 Å². The predicted molar refractivity (Wildman–Crippen MR) is 119 cm³/mol. The molecular formula is C23H28Cl2N2O2. The van der Waals surface area contributed by atoms with Gasteiger partial charge in [-0.05, 0) is 50.5 Å². The minimum absolute atomic E-state index is 0.127. The Morgan fingerprint density at radius 2 is 1.72 bits per heavy atom. The van der Waals surface area contributed by atoms with Gasteiger partial charge in [0.05, 0.1) is 6.42 Å². The number of hydrogen-bond donors (Lipinski definition) is 1. The standard InChI is InChI=1S/C23H28Cl2N2O2/c1-5-20(22(29)26-23(2,3)4)27(15-17-11-12-18(24)14-19(17)25)21(28)13-16-9-7-6-8-10-16/h6-12,14,20H,5,13,15H2,1-4H3,(H,26,29)/t20-/m0/s1. The van der Waals surface area contributed by atoms with E-state index in [1.807, 2.05) is 58.0 Å². The summed E-state index contributed by atoms with van der Waals surface area (Å²) in [5, 5.41) is 3.99. The fourth-order valence-electron chi connectivity index (χ4n) is 3.08. The summed E-state index contributed by atoms with van der Waals surface area (Å²) in [5.74, 6) is -0.301. The molecule has 0 aliphatic heterocycles. The highest BCUT2D eigenvalue weighted by atomic mass is 35.5. The third-order valence-corrected chi connectivity index (χ3v) is 5.03. The Bertz CT molecular complexity index is 848. The van der Waals surface area contributed by atoms with Crippen molar-refractivity contribution in [3.8, 4) is 0 Å². The number of carbonyl (C=O) groups is 2. The zero-order valence-electron chi connectivity index (χ0n) is 17.3. The van der Waals surface area contributed by atoms with Gasteiger partial charge in [-0.25, -0.2) is 0 Å². The van der Waals surface area contributed by atoms with E-state index in [4.69, 9.17) is 23.2 Å². The summed E-state index contributed by atoms with van der Waals surface area (Å²) in [6.45, 7) is 7.90. The third-order valence-electron chi connectivity index (χ3n) is 4.44. The number of nitrogens with zero attached hydrogens (tertiary/aromatic N) is 1. The van der Waals surface area contributed by atoms with Crippen molar-refractivity contribution >= 4 is 35.0 Å². The van der Waals surface area contributed by atoms with Crippen LogP contribution in [0, 0.1) is 0 Å². The second-order valence-corrected chi connectivity index (χ2v) is 8.93. The van der Waals surface area contributed by atoms with Crippen LogP contribution in [0.2, 0.25) is 10.0 Å². The maximum absolute atomic E-state index is 13.2. The van der Waals surface area contributed by atoms with E-state index in [0.717, 1.165) is 11.1 Å². The van der Waals surface area contributed by atoms with Crippen LogP contribution in [-0.4, -0.2) is 28.3 Å². The molecule has 0 saturated heterocycles. The van der Waals surface area contributed by atoms with Crippen molar-refractivity contribution < 1.29 is 9.59 Å². The van der Waals surface area contributed by atoms with E-state index in [1.165, 1.54) is 0 Å². The Morgan fingerprint density at radius 3 is 2.28 bits per heavy atom. The molecule has 0 aliphatic carbocycles. The minimum Gasteiger partial charge on any atom is -0.350 e. The molecule has 4 nitrogen and oxygen atoms in total. The highest BCUT2D eigenvalue weighted by molar-refractivity contribution is 6.35. The van der Waals surface area contributed by atoms with Crippen LogP contribution in [0.1, 0.15) is 45.2 Å². The number of nitrogens with one attached hydrogen (secondary N) is 1. The Balaban J connectivity index is 2.34. The van der Waals surface area contributed by atoms with E-state index in [-0.39, 0.29) is 24.8 Å². The van der Waals surface area contributed by atoms with E-state index < -0.39 is 11.6 Å². The van der Waals surface area contributed by atoms with Crippen molar-refractivity contribution in [1.82, 2.24) is 10.2 Å². The summed E-state index contributed by atoms with van der Waals surface area (Å²) in [5.41, 5.74) is 1.26. The lowest BCUT2D eigenvalue weighted by molar-refractivity contribution is -0.141. The van der Waals surface area contributed by atoms with Gasteiger partial charge in [0.15, 0.2) is 0 Å². The summed E-state index contributed by atoms with van der Waals surface area (Å²) in [7, 11) is 0. The molecule has 0 aromatic heterocycles. The van der Waals surface area contributed by atoms with Gasteiger partial charge in [0.25, 0.3) is 0 Å². The Morgan fingerprint density at radius 1 is 1.07 bits per heavy atom. The zero-order chi connectivity index (χ0) is 21.6. The smallest absolute Gasteiger partial charge is 0.243 e. The summed E-state index contributed by atoms with van der Waals surface area (Å²) in [6, 6.07) is 14.1. The summed E-state index contributed by atoms with van der Waals surface area (Å²) in [6.07, 6.45) is 0.707. The Labute approximate surface area is 183 Å². The van der Waals surface area contributed by atoms with E-state index in [1.54, 1.807) is 23.1 Å². The van der Waals surface area contributed by atoms with Crippen molar-refractivity contribution in [2.24, 2.45) is 0 Å². The summed E-state index contributed by atoms with van der Waals surface area (Å²) >= 11 is 12.4. The molecule has 0 unspecified atom stereocenters.